The third-order valence-corrected chi connectivity index (χ3v) is 3.53. The molecule has 1 aromatic rings. The lowest BCUT2D eigenvalue weighted by molar-refractivity contribution is -0.149. The molecule has 0 bridgehead atoms. The first-order valence-corrected chi connectivity index (χ1v) is 6.50. The van der Waals surface area contributed by atoms with E-state index in [1.807, 2.05) is 0 Å². The molecule has 1 fully saturated rings. The van der Waals surface area contributed by atoms with Gasteiger partial charge in [-0.05, 0) is 19.8 Å². The molecule has 2 atom stereocenters. The smallest absolute Gasteiger partial charge is 0.307 e. The Kier molecular flexibility index (Phi) is 4.19. The van der Waals surface area contributed by atoms with Crippen molar-refractivity contribution in [2.24, 2.45) is 11.8 Å². The Bertz CT molecular complexity index is 469. The molecule has 0 aromatic carbocycles. The Hall–Kier alpha value is -1.85. The maximum atomic E-state index is 12.1. The van der Waals surface area contributed by atoms with Crippen LogP contribution in [0.3, 0.4) is 0 Å². The Morgan fingerprint density at radius 2 is 2.11 bits per heavy atom. The lowest BCUT2D eigenvalue weighted by Crippen LogP contribution is -2.39. The molecule has 0 unspecified atom stereocenters. The predicted octanol–water partition coefficient (Wildman–Crippen LogP) is 1.49. The van der Waals surface area contributed by atoms with Crippen molar-refractivity contribution in [3.63, 3.8) is 0 Å². The summed E-state index contributed by atoms with van der Waals surface area (Å²) in [7, 11) is 0. The fraction of sp³-hybridized carbons (Fsp3) is 0.615. The predicted molar refractivity (Wildman–Crippen MR) is 66.2 cm³/mol. The molecule has 6 heteroatoms. The van der Waals surface area contributed by atoms with Gasteiger partial charge in [0.05, 0.1) is 24.1 Å². The monoisotopic (exact) mass is 266 g/mol. The first-order valence-electron chi connectivity index (χ1n) is 6.50. The van der Waals surface area contributed by atoms with Gasteiger partial charge in [0, 0.05) is 6.07 Å². The van der Waals surface area contributed by atoms with Gasteiger partial charge in [0.15, 0.2) is 5.76 Å². The van der Waals surface area contributed by atoms with Crippen molar-refractivity contribution in [1.82, 2.24) is 10.5 Å². The average Bonchev–Trinajstić information content (AvgIpc) is 2.81. The molecule has 2 rings (SSSR count). The Labute approximate surface area is 111 Å². The van der Waals surface area contributed by atoms with Crippen molar-refractivity contribution < 1.29 is 19.2 Å². The fourth-order valence-corrected chi connectivity index (χ4v) is 2.55. The number of carbonyl (C=O) groups is 2. The SMILES string of the molecule is Cc1cc(CNC(=O)[C@@H]2CCCC[C@@H]2C(=O)O)on1. The molecule has 0 saturated heterocycles. The maximum absolute atomic E-state index is 12.1. The molecular weight excluding hydrogens is 248 g/mol. The number of nitrogens with one attached hydrogen (secondary N) is 1. The van der Waals surface area contributed by atoms with Gasteiger partial charge in [-0.25, -0.2) is 0 Å². The van der Waals surface area contributed by atoms with Crippen LogP contribution in [0, 0.1) is 18.8 Å². The minimum Gasteiger partial charge on any atom is -0.481 e. The van der Waals surface area contributed by atoms with Crippen molar-refractivity contribution >= 4 is 11.9 Å². The van der Waals surface area contributed by atoms with Crippen LogP contribution in [0.25, 0.3) is 0 Å². The molecule has 0 spiro atoms. The van der Waals surface area contributed by atoms with Crippen LogP contribution < -0.4 is 5.32 Å². The number of hydrogen-bond acceptors (Lipinski definition) is 4. The van der Waals surface area contributed by atoms with Crippen molar-refractivity contribution in [1.29, 1.82) is 0 Å². The molecule has 0 radical (unpaired) electrons. The minimum atomic E-state index is -0.879. The normalized spacial score (nSPS) is 23.0. The number of amides is 1. The van der Waals surface area contributed by atoms with Gasteiger partial charge in [-0.3, -0.25) is 9.59 Å². The van der Waals surface area contributed by atoms with Gasteiger partial charge in [-0.1, -0.05) is 18.0 Å². The molecule has 2 N–H and O–H groups in total. The number of carboxylic acid groups (broad SMARTS) is 1. The lowest BCUT2D eigenvalue weighted by Gasteiger charge is -2.27. The standard InChI is InChI=1S/C13H18N2O4/c1-8-6-9(19-15-8)7-14-12(16)10-4-2-3-5-11(10)13(17)18/h6,10-11H,2-5,7H2,1H3,(H,14,16)(H,17,18)/t10-,11+/m1/s1. The van der Waals surface area contributed by atoms with E-state index in [0.717, 1.165) is 18.5 Å². The number of rotatable bonds is 4. The number of aryl methyl sites for hydroxylation is 1. The summed E-state index contributed by atoms with van der Waals surface area (Å²) in [6, 6.07) is 1.75. The average molecular weight is 266 g/mol. The van der Waals surface area contributed by atoms with E-state index in [2.05, 4.69) is 10.5 Å². The quantitative estimate of drug-likeness (QED) is 0.861. The zero-order chi connectivity index (χ0) is 13.8. The first-order chi connectivity index (χ1) is 9.08. The molecule has 19 heavy (non-hydrogen) atoms. The van der Waals surface area contributed by atoms with Crippen LogP contribution in [0.15, 0.2) is 10.6 Å². The molecule has 0 aliphatic heterocycles. The Balaban J connectivity index is 1.92. The molecule has 1 heterocycles. The second-order valence-electron chi connectivity index (χ2n) is 4.99. The highest BCUT2D eigenvalue weighted by molar-refractivity contribution is 5.84. The number of aliphatic carboxylic acids is 1. The number of hydrogen-bond donors (Lipinski definition) is 2. The summed E-state index contributed by atoms with van der Waals surface area (Å²) in [5.74, 6) is -1.51. The van der Waals surface area contributed by atoms with Crippen LogP contribution in [-0.2, 0) is 16.1 Å². The Morgan fingerprint density at radius 3 is 2.68 bits per heavy atom. The minimum absolute atomic E-state index is 0.207. The number of carboxylic acids is 1. The number of carbonyl (C=O) groups excluding carboxylic acids is 1. The van der Waals surface area contributed by atoms with Gasteiger partial charge in [0.1, 0.15) is 0 Å². The molecule has 6 nitrogen and oxygen atoms in total. The number of nitrogens with zero attached hydrogens (tertiary/aromatic N) is 1. The van der Waals surface area contributed by atoms with Gasteiger partial charge in [-0.2, -0.15) is 0 Å². The van der Waals surface area contributed by atoms with Crippen molar-refractivity contribution in [3.05, 3.63) is 17.5 Å². The molecule has 1 amide bonds. The number of aromatic nitrogens is 1. The summed E-state index contributed by atoms with van der Waals surface area (Å²) < 4.78 is 5.00. The zero-order valence-corrected chi connectivity index (χ0v) is 10.9. The molecule has 1 saturated carbocycles. The second-order valence-corrected chi connectivity index (χ2v) is 4.99. The van der Waals surface area contributed by atoms with Gasteiger partial charge in [0.25, 0.3) is 0 Å². The van der Waals surface area contributed by atoms with E-state index in [0.29, 0.717) is 18.6 Å². The summed E-state index contributed by atoms with van der Waals surface area (Å²) in [6.07, 6.45) is 3.00. The topological polar surface area (TPSA) is 92.4 Å². The summed E-state index contributed by atoms with van der Waals surface area (Å²) in [5.41, 5.74) is 0.755. The zero-order valence-electron chi connectivity index (χ0n) is 10.9. The lowest BCUT2D eigenvalue weighted by atomic mass is 9.79. The van der Waals surface area contributed by atoms with Crippen LogP contribution in [-0.4, -0.2) is 22.1 Å². The first kappa shape index (κ1) is 13.6. The van der Waals surface area contributed by atoms with Gasteiger partial charge in [-0.15, -0.1) is 0 Å². The molecule has 1 aromatic heterocycles. The van der Waals surface area contributed by atoms with E-state index in [1.54, 1.807) is 13.0 Å². The highest BCUT2D eigenvalue weighted by Crippen LogP contribution is 2.30. The summed E-state index contributed by atoms with van der Waals surface area (Å²) >= 11 is 0. The van der Waals surface area contributed by atoms with Crippen molar-refractivity contribution in [2.45, 2.75) is 39.2 Å². The highest BCUT2D eigenvalue weighted by Gasteiger charge is 2.35. The van der Waals surface area contributed by atoms with Gasteiger partial charge < -0.3 is 14.9 Å². The summed E-state index contributed by atoms with van der Waals surface area (Å²) in [5, 5.41) is 15.6. The van der Waals surface area contributed by atoms with Gasteiger partial charge >= 0.3 is 5.97 Å². The van der Waals surface area contributed by atoms with Crippen LogP contribution in [0.4, 0.5) is 0 Å². The highest BCUT2D eigenvalue weighted by atomic mass is 16.5. The van der Waals surface area contributed by atoms with E-state index < -0.39 is 17.8 Å². The third-order valence-electron chi connectivity index (χ3n) is 3.53. The molecular formula is C13H18N2O4. The van der Waals surface area contributed by atoms with E-state index in [1.165, 1.54) is 0 Å². The van der Waals surface area contributed by atoms with Crippen molar-refractivity contribution in [3.8, 4) is 0 Å². The molecule has 1 aliphatic rings. The van der Waals surface area contributed by atoms with Crippen LogP contribution in [0.2, 0.25) is 0 Å². The van der Waals surface area contributed by atoms with Gasteiger partial charge in [0.2, 0.25) is 5.91 Å². The maximum Gasteiger partial charge on any atom is 0.307 e. The largest absolute Gasteiger partial charge is 0.481 e. The summed E-state index contributed by atoms with van der Waals surface area (Å²) in [4.78, 5) is 23.2. The fourth-order valence-electron chi connectivity index (χ4n) is 2.55. The van der Waals surface area contributed by atoms with E-state index in [-0.39, 0.29) is 12.5 Å². The van der Waals surface area contributed by atoms with Crippen LogP contribution in [0.5, 0.6) is 0 Å². The molecule has 1 aliphatic carbocycles. The van der Waals surface area contributed by atoms with E-state index in [4.69, 9.17) is 9.63 Å². The van der Waals surface area contributed by atoms with Crippen molar-refractivity contribution in [2.75, 3.05) is 0 Å². The molecule has 104 valence electrons. The summed E-state index contributed by atoms with van der Waals surface area (Å²) in [6.45, 7) is 2.05. The second kappa shape index (κ2) is 5.86. The third kappa shape index (κ3) is 3.33. The van der Waals surface area contributed by atoms with Crippen LogP contribution >= 0.6 is 0 Å². The van der Waals surface area contributed by atoms with E-state index >= 15 is 0 Å². The van der Waals surface area contributed by atoms with Crippen LogP contribution in [0.1, 0.15) is 37.1 Å². The Morgan fingerprint density at radius 1 is 1.42 bits per heavy atom. The van der Waals surface area contributed by atoms with E-state index in [9.17, 15) is 9.59 Å².